The zero-order valence-corrected chi connectivity index (χ0v) is 20.7. The zero-order valence-electron chi connectivity index (χ0n) is 19.9. The second-order valence-corrected chi connectivity index (χ2v) is 10.5. The molecule has 0 aliphatic rings. The maximum atomic E-state index is 13.5. The highest BCUT2D eigenvalue weighted by molar-refractivity contribution is 7.92. The van der Waals surface area contributed by atoms with Gasteiger partial charge >= 0.3 is 5.97 Å². The zero-order chi connectivity index (χ0) is 25.9. The summed E-state index contributed by atoms with van der Waals surface area (Å²) in [6.07, 6.45) is 0. The van der Waals surface area contributed by atoms with Crippen LogP contribution < -0.4 is 9.62 Å². The number of carboxylic acid groups (broad SMARTS) is 1. The smallest absolute Gasteiger partial charge is 0.324 e. The summed E-state index contributed by atoms with van der Waals surface area (Å²) in [5.41, 5.74) is 3.12. The van der Waals surface area contributed by atoms with Crippen molar-refractivity contribution in [3.05, 3.63) is 107 Å². The number of hydrogen-bond acceptors (Lipinski definition) is 4. The Balaban J connectivity index is 1.70. The molecule has 2 N–H and O–H groups in total. The molecule has 0 saturated heterocycles. The van der Waals surface area contributed by atoms with E-state index in [4.69, 9.17) is 0 Å². The molecule has 0 aromatic heterocycles. The molecule has 8 heteroatoms. The topological polar surface area (TPSA) is 104 Å². The number of rotatable bonds is 8. The van der Waals surface area contributed by atoms with Crippen molar-refractivity contribution in [1.82, 2.24) is 5.32 Å². The fourth-order valence-electron chi connectivity index (χ4n) is 4.14. The Morgan fingerprint density at radius 3 is 2.22 bits per heavy atom. The number of carbonyl (C=O) groups excluding carboxylic acids is 1. The number of aliphatic carboxylic acids is 1. The van der Waals surface area contributed by atoms with Crippen molar-refractivity contribution < 1.29 is 23.1 Å². The van der Waals surface area contributed by atoms with Crippen molar-refractivity contribution >= 4 is 38.4 Å². The van der Waals surface area contributed by atoms with Crippen molar-refractivity contribution in [1.29, 1.82) is 0 Å². The van der Waals surface area contributed by atoms with Crippen LogP contribution in [0.2, 0.25) is 0 Å². The molecule has 0 saturated carbocycles. The van der Waals surface area contributed by atoms with Gasteiger partial charge in [0.25, 0.3) is 15.9 Å². The summed E-state index contributed by atoms with van der Waals surface area (Å²) in [5.74, 6) is -1.54. The molecule has 4 rings (SSSR count). The Labute approximate surface area is 210 Å². The Hall–Kier alpha value is -4.17. The monoisotopic (exact) mass is 502 g/mol. The van der Waals surface area contributed by atoms with E-state index < -0.39 is 22.5 Å². The number of nitrogens with one attached hydrogen (secondary N) is 1. The van der Waals surface area contributed by atoms with Crippen LogP contribution in [-0.4, -0.2) is 31.9 Å². The van der Waals surface area contributed by atoms with Gasteiger partial charge in [0.15, 0.2) is 0 Å². The van der Waals surface area contributed by atoms with Gasteiger partial charge in [-0.2, -0.15) is 0 Å². The first-order valence-electron chi connectivity index (χ1n) is 11.3. The molecule has 0 unspecified atom stereocenters. The Morgan fingerprint density at radius 1 is 0.861 bits per heavy atom. The quantitative estimate of drug-likeness (QED) is 0.365. The van der Waals surface area contributed by atoms with Gasteiger partial charge in [-0.25, -0.2) is 8.42 Å². The van der Waals surface area contributed by atoms with Crippen LogP contribution >= 0.6 is 0 Å². The van der Waals surface area contributed by atoms with Crippen LogP contribution in [0.15, 0.2) is 89.8 Å². The minimum absolute atomic E-state index is 0.0235. The number of amides is 1. The van der Waals surface area contributed by atoms with Crippen molar-refractivity contribution in [2.75, 3.05) is 10.8 Å². The van der Waals surface area contributed by atoms with Gasteiger partial charge in [-0.3, -0.25) is 13.9 Å². The van der Waals surface area contributed by atoms with Crippen molar-refractivity contribution in [2.24, 2.45) is 0 Å². The molecule has 0 aliphatic carbocycles. The normalized spacial score (nSPS) is 11.3. The number of carboxylic acids is 1. The molecule has 1 amide bonds. The van der Waals surface area contributed by atoms with Gasteiger partial charge in [-0.05, 0) is 71.6 Å². The summed E-state index contributed by atoms with van der Waals surface area (Å²) in [6.45, 7) is 3.20. The van der Waals surface area contributed by atoms with Gasteiger partial charge < -0.3 is 10.4 Å². The third kappa shape index (κ3) is 5.39. The number of nitrogens with zero attached hydrogens (tertiary/aromatic N) is 1. The number of sulfonamides is 1. The predicted octanol–water partition coefficient (Wildman–Crippen LogP) is 4.67. The first kappa shape index (κ1) is 24.9. The lowest BCUT2D eigenvalue weighted by Crippen LogP contribution is -2.35. The van der Waals surface area contributed by atoms with E-state index in [-0.39, 0.29) is 16.5 Å². The Morgan fingerprint density at radius 2 is 1.56 bits per heavy atom. The lowest BCUT2D eigenvalue weighted by atomic mass is 10.0. The number of hydrogen-bond donors (Lipinski definition) is 2. The van der Waals surface area contributed by atoms with Gasteiger partial charge in [-0.1, -0.05) is 54.6 Å². The van der Waals surface area contributed by atoms with Crippen LogP contribution in [0.25, 0.3) is 10.8 Å². The predicted molar refractivity (Wildman–Crippen MR) is 140 cm³/mol. The minimum Gasteiger partial charge on any atom is -0.480 e. The number of fused-ring (bicyclic) bond motifs is 1. The molecule has 0 fully saturated rings. The van der Waals surface area contributed by atoms with E-state index in [2.05, 4.69) is 5.32 Å². The van der Waals surface area contributed by atoms with Gasteiger partial charge in [0.05, 0.1) is 10.6 Å². The highest BCUT2D eigenvalue weighted by Gasteiger charge is 2.28. The van der Waals surface area contributed by atoms with Gasteiger partial charge in [0, 0.05) is 12.1 Å². The molecular formula is C28H26N2O5S. The van der Waals surface area contributed by atoms with Crippen LogP contribution in [0.4, 0.5) is 5.69 Å². The minimum atomic E-state index is -4.16. The molecule has 7 nitrogen and oxygen atoms in total. The summed E-state index contributed by atoms with van der Waals surface area (Å²) >= 11 is 0. The van der Waals surface area contributed by atoms with Crippen LogP contribution in [0.5, 0.6) is 0 Å². The Kier molecular flexibility index (Phi) is 7.07. The molecule has 36 heavy (non-hydrogen) atoms. The molecule has 184 valence electrons. The first-order chi connectivity index (χ1) is 17.1. The summed E-state index contributed by atoms with van der Waals surface area (Å²) < 4.78 is 27.9. The van der Waals surface area contributed by atoms with E-state index >= 15 is 0 Å². The van der Waals surface area contributed by atoms with Crippen LogP contribution in [0.3, 0.4) is 0 Å². The number of aryl methyl sites for hydroxylation is 2. The molecule has 4 aromatic rings. The van der Waals surface area contributed by atoms with E-state index in [1.165, 1.54) is 18.2 Å². The van der Waals surface area contributed by atoms with Gasteiger partial charge in [0.1, 0.15) is 6.54 Å². The summed E-state index contributed by atoms with van der Waals surface area (Å²) in [7, 11) is -4.16. The number of anilines is 1. The maximum absolute atomic E-state index is 13.5. The summed E-state index contributed by atoms with van der Waals surface area (Å²) in [5, 5.41) is 13.6. The van der Waals surface area contributed by atoms with Crippen molar-refractivity contribution in [2.45, 2.75) is 25.3 Å². The second-order valence-electron chi connectivity index (χ2n) is 8.61. The van der Waals surface area contributed by atoms with Gasteiger partial charge in [-0.15, -0.1) is 0 Å². The Bertz CT molecular complexity index is 1530. The van der Waals surface area contributed by atoms with Crippen molar-refractivity contribution in [3.8, 4) is 0 Å². The average molecular weight is 503 g/mol. The molecule has 0 bridgehead atoms. The fourth-order valence-corrected chi connectivity index (χ4v) is 5.74. The average Bonchev–Trinajstić information content (AvgIpc) is 2.85. The van der Waals surface area contributed by atoms with E-state index in [1.807, 2.05) is 36.4 Å². The molecule has 0 radical (unpaired) electrons. The third-order valence-corrected chi connectivity index (χ3v) is 7.51. The maximum Gasteiger partial charge on any atom is 0.324 e. The lowest BCUT2D eigenvalue weighted by molar-refractivity contribution is -0.135. The van der Waals surface area contributed by atoms with Crippen molar-refractivity contribution in [3.63, 3.8) is 0 Å². The molecular weight excluding hydrogens is 476 g/mol. The van der Waals surface area contributed by atoms with E-state index in [0.29, 0.717) is 22.9 Å². The standard InChI is InChI=1S/C28H26N2O5S/c1-19-13-20(2)15-24(14-19)36(34,35)30(18-27(31)32)23-11-12-25-22(16-23)9-6-10-26(25)28(33)29-17-21-7-4-3-5-8-21/h3-16H,17-18H2,1-2H3,(H,29,33)(H,31,32). The fraction of sp³-hybridized carbons (Fsp3) is 0.143. The highest BCUT2D eigenvalue weighted by atomic mass is 32.2. The van der Waals surface area contributed by atoms with Crippen LogP contribution in [-0.2, 0) is 21.4 Å². The largest absolute Gasteiger partial charge is 0.480 e. The van der Waals surface area contributed by atoms with E-state index in [9.17, 15) is 23.1 Å². The molecule has 0 heterocycles. The number of carbonyl (C=O) groups is 2. The SMILES string of the molecule is Cc1cc(C)cc(S(=O)(=O)N(CC(=O)O)c2ccc3c(C(=O)NCc4ccccc4)cccc3c2)c1. The lowest BCUT2D eigenvalue weighted by Gasteiger charge is -2.24. The number of benzene rings is 4. The van der Waals surface area contributed by atoms with E-state index in [1.54, 1.807) is 44.2 Å². The third-order valence-electron chi connectivity index (χ3n) is 5.75. The van der Waals surface area contributed by atoms with Crippen LogP contribution in [0, 0.1) is 13.8 Å². The molecule has 0 spiro atoms. The summed E-state index contributed by atoms with van der Waals surface area (Å²) in [4.78, 5) is 24.6. The second kappa shape index (κ2) is 10.2. The van der Waals surface area contributed by atoms with Crippen LogP contribution in [0.1, 0.15) is 27.0 Å². The van der Waals surface area contributed by atoms with E-state index in [0.717, 1.165) is 21.0 Å². The molecule has 0 aliphatic heterocycles. The summed E-state index contributed by atoms with van der Waals surface area (Å²) in [6, 6.07) is 24.4. The van der Waals surface area contributed by atoms with Gasteiger partial charge in [0.2, 0.25) is 0 Å². The molecule has 4 aromatic carbocycles. The first-order valence-corrected chi connectivity index (χ1v) is 12.8. The molecule has 0 atom stereocenters. The highest BCUT2D eigenvalue weighted by Crippen LogP contribution is 2.29.